The van der Waals surface area contributed by atoms with Crippen LogP contribution in [0.25, 0.3) is 0 Å². The molecule has 0 N–H and O–H groups in total. The van der Waals surface area contributed by atoms with E-state index in [1.54, 1.807) is 4.90 Å². The Labute approximate surface area is 109 Å². The number of alkyl halides is 3. The highest BCUT2D eigenvalue weighted by molar-refractivity contribution is 5.73. The van der Waals surface area contributed by atoms with Gasteiger partial charge in [-0.1, -0.05) is 6.07 Å². The van der Waals surface area contributed by atoms with Crippen molar-refractivity contribution in [2.24, 2.45) is 0 Å². The topological polar surface area (TPSA) is 29.5 Å². The molecule has 0 aromatic heterocycles. The molecule has 1 aliphatic heterocycles. The number of amides is 1. The van der Waals surface area contributed by atoms with E-state index in [4.69, 9.17) is 4.74 Å². The van der Waals surface area contributed by atoms with Gasteiger partial charge in [-0.25, -0.2) is 0 Å². The second kappa shape index (κ2) is 5.11. The van der Waals surface area contributed by atoms with Gasteiger partial charge in [0.2, 0.25) is 5.91 Å². The number of carbonyl (C=O) groups excluding carboxylic acids is 1. The lowest BCUT2D eigenvalue weighted by Gasteiger charge is -2.16. The monoisotopic (exact) mass is 273 g/mol. The Bertz CT molecular complexity index is 473. The van der Waals surface area contributed by atoms with Crippen LogP contribution in [-0.4, -0.2) is 30.0 Å². The van der Waals surface area contributed by atoms with E-state index < -0.39 is 11.7 Å². The van der Waals surface area contributed by atoms with Gasteiger partial charge < -0.3 is 9.64 Å². The number of halogens is 3. The second-order valence-corrected chi connectivity index (χ2v) is 4.52. The quantitative estimate of drug-likeness (QED) is 0.829. The highest BCUT2D eigenvalue weighted by Gasteiger charge is 2.31. The van der Waals surface area contributed by atoms with E-state index in [0.717, 1.165) is 12.1 Å². The van der Waals surface area contributed by atoms with Crippen molar-refractivity contribution in [3.8, 4) is 5.75 Å². The highest BCUT2D eigenvalue weighted by Crippen LogP contribution is 2.31. The fraction of sp³-hybridized carbons (Fsp3) is 0.462. The van der Waals surface area contributed by atoms with Gasteiger partial charge in [0.1, 0.15) is 11.9 Å². The van der Waals surface area contributed by atoms with Crippen LogP contribution in [-0.2, 0) is 11.0 Å². The third-order valence-corrected chi connectivity index (χ3v) is 3.05. The molecule has 2 rings (SSSR count). The summed E-state index contributed by atoms with van der Waals surface area (Å²) in [5.74, 6) is 0.139. The van der Waals surface area contributed by atoms with Crippen LogP contribution in [0.3, 0.4) is 0 Å². The molecule has 1 fully saturated rings. The molecule has 0 radical (unpaired) electrons. The summed E-state index contributed by atoms with van der Waals surface area (Å²) in [6.07, 6.45) is -3.98. The lowest BCUT2D eigenvalue weighted by molar-refractivity contribution is -0.137. The third kappa shape index (κ3) is 3.39. The van der Waals surface area contributed by atoms with Gasteiger partial charge in [0.25, 0.3) is 0 Å². The Morgan fingerprint density at radius 1 is 1.42 bits per heavy atom. The van der Waals surface area contributed by atoms with Crippen molar-refractivity contribution < 1.29 is 22.7 Å². The van der Waals surface area contributed by atoms with E-state index in [-0.39, 0.29) is 17.8 Å². The summed E-state index contributed by atoms with van der Waals surface area (Å²) in [5, 5.41) is 0. The number of benzene rings is 1. The predicted octanol–water partition coefficient (Wildman–Crippen LogP) is 2.71. The van der Waals surface area contributed by atoms with Crippen molar-refractivity contribution in [3.63, 3.8) is 0 Å². The second-order valence-electron chi connectivity index (χ2n) is 4.52. The summed E-state index contributed by atoms with van der Waals surface area (Å²) in [4.78, 5) is 12.8. The van der Waals surface area contributed by atoms with Gasteiger partial charge in [0.15, 0.2) is 0 Å². The van der Waals surface area contributed by atoms with E-state index in [1.807, 2.05) is 0 Å². The van der Waals surface area contributed by atoms with Crippen molar-refractivity contribution in [1.82, 2.24) is 4.90 Å². The van der Waals surface area contributed by atoms with E-state index in [1.165, 1.54) is 19.1 Å². The molecule has 3 nitrogen and oxygen atoms in total. The van der Waals surface area contributed by atoms with Gasteiger partial charge >= 0.3 is 6.18 Å². The van der Waals surface area contributed by atoms with Gasteiger partial charge in [-0.15, -0.1) is 0 Å². The lowest BCUT2D eigenvalue weighted by Crippen LogP contribution is -2.28. The number of hydrogen-bond acceptors (Lipinski definition) is 2. The van der Waals surface area contributed by atoms with Crippen LogP contribution in [0.2, 0.25) is 0 Å². The fourth-order valence-corrected chi connectivity index (χ4v) is 2.05. The summed E-state index contributed by atoms with van der Waals surface area (Å²) in [6.45, 7) is 2.47. The molecule has 19 heavy (non-hydrogen) atoms. The van der Waals surface area contributed by atoms with E-state index >= 15 is 0 Å². The zero-order chi connectivity index (χ0) is 14.0. The normalized spacial score (nSPS) is 19.6. The van der Waals surface area contributed by atoms with Crippen LogP contribution in [0.1, 0.15) is 18.9 Å². The Morgan fingerprint density at radius 3 is 2.74 bits per heavy atom. The average Bonchev–Trinajstić information content (AvgIpc) is 2.77. The standard InChI is InChI=1S/C13H14F3NO2/c1-9(18)17-6-5-12(8-17)19-11-4-2-3-10(7-11)13(14,15)16/h2-4,7,12H,5-6,8H2,1H3. The minimum absolute atomic E-state index is 0.0462. The van der Waals surface area contributed by atoms with Crippen LogP contribution in [0, 0.1) is 0 Å². The first kappa shape index (κ1) is 13.7. The largest absolute Gasteiger partial charge is 0.489 e. The van der Waals surface area contributed by atoms with Crippen molar-refractivity contribution >= 4 is 5.91 Å². The molecule has 1 heterocycles. The number of hydrogen-bond donors (Lipinski definition) is 0. The highest BCUT2D eigenvalue weighted by atomic mass is 19.4. The minimum atomic E-state index is -4.37. The fourth-order valence-electron chi connectivity index (χ4n) is 2.05. The molecular formula is C13H14F3NO2. The first-order valence-electron chi connectivity index (χ1n) is 5.95. The minimum Gasteiger partial charge on any atom is -0.489 e. The van der Waals surface area contributed by atoms with E-state index in [2.05, 4.69) is 0 Å². The SMILES string of the molecule is CC(=O)N1CCC(Oc2cccc(C(F)(F)F)c2)C1. The molecule has 6 heteroatoms. The van der Waals surface area contributed by atoms with Crippen molar-refractivity contribution in [2.45, 2.75) is 25.6 Å². The van der Waals surface area contributed by atoms with Crippen LogP contribution < -0.4 is 4.74 Å². The van der Waals surface area contributed by atoms with Gasteiger partial charge in [-0.2, -0.15) is 13.2 Å². The van der Waals surface area contributed by atoms with Crippen molar-refractivity contribution in [3.05, 3.63) is 29.8 Å². The molecule has 1 amide bonds. The molecule has 0 bridgehead atoms. The maximum Gasteiger partial charge on any atom is 0.416 e. The first-order chi connectivity index (χ1) is 8.86. The van der Waals surface area contributed by atoms with Crippen molar-refractivity contribution in [2.75, 3.05) is 13.1 Å². The van der Waals surface area contributed by atoms with E-state index in [0.29, 0.717) is 19.5 Å². The Balaban J connectivity index is 2.03. The average molecular weight is 273 g/mol. The summed E-state index contributed by atoms with van der Waals surface area (Å²) in [5.41, 5.74) is -0.730. The summed E-state index contributed by atoms with van der Waals surface area (Å²) in [6, 6.07) is 4.79. The van der Waals surface area contributed by atoms with Gasteiger partial charge in [-0.05, 0) is 18.2 Å². The molecule has 1 saturated heterocycles. The molecule has 0 aliphatic carbocycles. The van der Waals surface area contributed by atoms with Crippen LogP contribution in [0.5, 0.6) is 5.75 Å². The zero-order valence-corrected chi connectivity index (χ0v) is 10.4. The number of likely N-dealkylation sites (tertiary alicyclic amines) is 1. The molecule has 1 atom stereocenters. The Kier molecular flexibility index (Phi) is 3.68. The molecule has 1 aliphatic rings. The molecule has 0 spiro atoms. The molecule has 1 aromatic carbocycles. The summed E-state index contributed by atoms with van der Waals surface area (Å²) >= 11 is 0. The molecule has 104 valence electrons. The molecular weight excluding hydrogens is 259 g/mol. The summed E-state index contributed by atoms with van der Waals surface area (Å²) < 4.78 is 43.1. The first-order valence-corrected chi connectivity index (χ1v) is 5.95. The predicted molar refractivity (Wildman–Crippen MR) is 62.7 cm³/mol. The Morgan fingerprint density at radius 2 is 2.16 bits per heavy atom. The molecule has 1 aromatic rings. The lowest BCUT2D eigenvalue weighted by atomic mass is 10.2. The Hall–Kier alpha value is -1.72. The smallest absolute Gasteiger partial charge is 0.416 e. The maximum absolute atomic E-state index is 12.5. The number of carbonyl (C=O) groups is 1. The maximum atomic E-state index is 12.5. The molecule has 1 unspecified atom stereocenters. The zero-order valence-electron chi connectivity index (χ0n) is 10.4. The molecule has 0 saturated carbocycles. The number of rotatable bonds is 2. The van der Waals surface area contributed by atoms with Crippen LogP contribution in [0.4, 0.5) is 13.2 Å². The number of ether oxygens (including phenoxy) is 1. The van der Waals surface area contributed by atoms with Gasteiger partial charge in [0, 0.05) is 19.9 Å². The van der Waals surface area contributed by atoms with Gasteiger partial charge in [-0.3, -0.25) is 4.79 Å². The van der Waals surface area contributed by atoms with Crippen molar-refractivity contribution in [1.29, 1.82) is 0 Å². The third-order valence-electron chi connectivity index (χ3n) is 3.05. The summed E-state index contributed by atoms with van der Waals surface area (Å²) in [7, 11) is 0. The van der Waals surface area contributed by atoms with Crippen LogP contribution >= 0.6 is 0 Å². The number of nitrogens with zero attached hydrogens (tertiary/aromatic N) is 1. The van der Waals surface area contributed by atoms with Gasteiger partial charge in [0.05, 0.1) is 12.1 Å². The van der Waals surface area contributed by atoms with E-state index in [9.17, 15) is 18.0 Å². The van der Waals surface area contributed by atoms with Crippen LogP contribution in [0.15, 0.2) is 24.3 Å².